The van der Waals surface area contributed by atoms with E-state index in [9.17, 15) is 44.2 Å². The molecule has 0 radical (unpaired) electrons. The third-order valence-corrected chi connectivity index (χ3v) is 6.51. The number of methoxy groups -OCH3 is 1. The summed E-state index contributed by atoms with van der Waals surface area (Å²) in [6.07, 6.45) is -5.90. The van der Waals surface area contributed by atoms with E-state index in [1.807, 2.05) is 0 Å². The number of carbonyl (C=O) groups excluding carboxylic acids is 5. The van der Waals surface area contributed by atoms with Crippen molar-refractivity contribution in [3.8, 4) is 0 Å². The summed E-state index contributed by atoms with van der Waals surface area (Å²) < 4.78 is 31.4. The van der Waals surface area contributed by atoms with Crippen molar-refractivity contribution in [2.24, 2.45) is 0 Å². The van der Waals surface area contributed by atoms with Gasteiger partial charge in [0.15, 0.2) is 18.3 Å². The minimum atomic E-state index is -1.56. The summed E-state index contributed by atoms with van der Waals surface area (Å²) in [4.78, 5) is 80.6. The molecule has 0 unspecified atom stereocenters. The Morgan fingerprint density at radius 3 is 1.90 bits per heavy atom. The average Bonchev–Trinajstić information content (AvgIpc) is 2.88. The number of thioether (sulfide) groups is 1. The van der Waals surface area contributed by atoms with Crippen molar-refractivity contribution in [2.75, 3.05) is 25.6 Å². The molecule has 0 saturated carbocycles. The number of nitrogens with one attached hydrogen (secondary N) is 1. The van der Waals surface area contributed by atoms with Gasteiger partial charge in [-0.05, 0) is 6.07 Å². The Bertz CT molecular complexity index is 1260. The molecule has 0 aliphatic carbocycles. The summed E-state index contributed by atoms with van der Waals surface area (Å²) in [6, 6.07) is 1.64. The van der Waals surface area contributed by atoms with Gasteiger partial charge in [-0.15, -0.1) is 0 Å². The first-order valence-corrected chi connectivity index (χ1v) is 12.8. The van der Waals surface area contributed by atoms with E-state index in [0.29, 0.717) is 17.8 Å². The zero-order chi connectivity index (χ0) is 31.7. The Labute approximate surface area is 241 Å². The average molecular weight is 618 g/mol. The first kappa shape index (κ1) is 33.7. The standard InChI is InChI=1S/C23H27N3O15S/c1-10(27)37-9-17-20(38-11(2)28)21(39-12(3)29)22(40-13(4)30)23(41-17)42-18-6-14(24-8-19(31)36-5)15(25(32)33)7-16(18)26(34)35/h6-7,17,20-24H,8-9H2,1-5H3/t17-,20+,21+,22-,23+/m1/s1. The van der Waals surface area contributed by atoms with Gasteiger partial charge in [0.25, 0.3) is 11.4 Å². The molecular formula is C23H27N3O15S. The summed E-state index contributed by atoms with van der Waals surface area (Å²) in [5.74, 6) is -4.18. The molecule has 18 nitrogen and oxygen atoms in total. The molecule has 230 valence electrons. The van der Waals surface area contributed by atoms with Gasteiger partial charge in [-0.3, -0.25) is 44.2 Å². The SMILES string of the molecule is COC(=O)CNc1cc(S[C@@H]2O[C@H](COC(C)=O)[C@H](OC(C)=O)[C@H](OC(C)=O)[C@H]2OC(C)=O)c([N+](=O)[O-])cc1[N+](=O)[O-]. The number of esters is 5. The zero-order valence-electron chi connectivity index (χ0n) is 22.9. The number of hydrogen-bond donors (Lipinski definition) is 1. The number of rotatable bonds is 12. The molecule has 1 aromatic rings. The van der Waals surface area contributed by atoms with Crippen LogP contribution in [0.5, 0.6) is 0 Å². The molecule has 0 aromatic heterocycles. The van der Waals surface area contributed by atoms with Crippen molar-refractivity contribution in [1.29, 1.82) is 0 Å². The highest BCUT2D eigenvalue weighted by molar-refractivity contribution is 8.00. The van der Waals surface area contributed by atoms with Gasteiger partial charge in [0, 0.05) is 27.7 Å². The van der Waals surface area contributed by atoms with E-state index in [1.165, 1.54) is 0 Å². The third-order valence-electron chi connectivity index (χ3n) is 5.31. The maximum atomic E-state index is 12.1. The van der Waals surface area contributed by atoms with Crippen LogP contribution in [0.25, 0.3) is 0 Å². The summed E-state index contributed by atoms with van der Waals surface area (Å²) in [7, 11) is 1.08. The third kappa shape index (κ3) is 9.26. The summed E-state index contributed by atoms with van der Waals surface area (Å²) >= 11 is 0.542. The number of benzene rings is 1. The fraction of sp³-hybridized carbons (Fsp3) is 0.522. The monoisotopic (exact) mass is 617 g/mol. The molecule has 19 heteroatoms. The van der Waals surface area contributed by atoms with Crippen LogP contribution >= 0.6 is 11.8 Å². The smallest absolute Gasteiger partial charge is 0.325 e. The maximum absolute atomic E-state index is 12.1. The van der Waals surface area contributed by atoms with Gasteiger partial charge in [-0.25, -0.2) is 0 Å². The highest BCUT2D eigenvalue weighted by atomic mass is 32.2. The van der Waals surface area contributed by atoms with Gasteiger partial charge in [0.2, 0.25) is 0 Å². The Hall–Kier alpha value is -4.52. The molecule has 1 aromatic carbocycles. The molecule has 5 atom stereocenters. The van der Waals surface area contributed by atoms with E-state index in [4.69, 9.17) is 23.7 Å². The summed E-state index contributed by atoms with van der Waals surface area (Å²) in [5.41, 5.74) is -3.26. The number of nitrogens with zero attached hydrogens (tertiary/aromatic N) is 2. The molecule has 1 aliphatic rings. The van der Waals surface area contributed by atoms with Crippen LogP contribution in [0.4, 0.5) is 17.1 Å². The van der Waals surface area contributed by atoms with Crippen LogP contribution in [0, 0.1) is 20.2 Å². The molecule has 2 rings (SSSR count). The van der Waals surface area contributed by atoms with E-state index < -0.39 is 94.1 Å². The Morgan fingerprint density at radius 1 is 0.857 bits per heavy atom. The minimum Gasteiger partial charge on any atom is -0.468 e. The van der Waals surface area contributed by atoms with Crippen molar-refractivity contribution in [2.45, 2.75) is 62.4 Å². The van der Waals surface area contributed by atoms with Crippen LogP contribution in [0.3, 0.4) is 0 Å². The molecule has 0 spiro atoms. The molecule has 1 aliphatic heterocycles. The van der Waals surface area contributed by atoms with Gasteiger partial charge < -0.3 is 33.7 Å². The quantitative estimate of drug-likeness (QED) is 0.150. The maximum Gasteiger partial charge on any atom is 0.325 e. The van der Waals surface area contributed by atoms with E-state index in [0.717, 1.165) is 40.9 Å². The van der Waals surface area contributed by atoms with Crippen LogP contribution in [0.2, 0.25) is 0 Å². The van der Waals surface area contributed by atoms with Crippen LogP contribution in [-0.4, -0.2) is 89.8 Å². The van der Waals surface area contributed by atoms with Crippen molar-refractivity contribution in [3.63, 3.8) is 0 Å². The molecule has 1 heterocycles. The number of anilines is 1. The topological polar surface area (TPSA) is 239 Å². The van der Waals surface area contributed by atoms with E-state index in [1.54, 1.807) is 0 Å². The molecule has 0 bridgehead atoms. The van der Waals surface area contributed by atoms with E-state index in [-0.39, 0.29) is 10.6 Å². The summed E-state index contributed by atoms with van der Waals surface area (Å²) in [6.45, 7) is 3.10. The van der Waals surface area contributed by atoms with Crippen molar-refractivity contribution in [1.82, 2.24) is 0 Å². The minimum absolute atomic E-state index is 0.265. The second-order valence-corrected chi connectivity index (χ2v) is 9.61. The molecule has 1 fully saturated rings. The number of carbonyl (C=O) groups is 5. The van der Waals surface area contributed by atoms with Crippen molar-refractivity contribution in [3.05, 3.63) is 32.4 Å². The van der Waals surface area contributed by atoms with Crippen molar-refractivity contribution >= 4 is 58.7 Å². The van der Waals surface area contributed by atoms with E-state index >= 15 is 0 Å². The molecule has 0 amide bonds. The highest BCUT2D eigenvalue weighted by Crippen LogP contribution is 2.44. The molecule has 1 N–H and O–H groups in total. The summed E-state index contributed by atoms with van der Waals surface area (Å²) in [5, 5.41) is 26.0. The lowest BCUT2D eigenvalue weighted by atomic mass is 9.99. The van der Waals surface area contributed by atoms with Gasteiger partial charge >= 0.3 is 29.8 Å². The predicted octanol–water partition coefficient (Wildman–Crippen LogP) is 1.26. The normalized spacial score (nSPS) is 21.3. The number of ether oxygens (including phenoxy) is 6. The van der Waals surface area contributed by atoms with Gasteiger partial charge in [0.1, 0.15) is 30.4 Å². The second kappa shape index (κ2) is 14.9. The zero-order valence-corrected chi connectivity index (χ0v) is 23.7. The van der Waals surface area contributed by atoms with Crippen molar-refractivity contribution < 1.29 is 62.2 Å². The second-order valence-electron chi connectivity index (χ2n) is 8.47. The van der Waals surface area contributed by atoms with E-state index in [2.05, 4.69) is 10.1 Å². The van der Waals surface area contributed by atoms with Crippen LogP contribution < -0.4 is 5.32 Å². The first-order chi connectivity index (χ1) is 19.6. The molecule has 42 heavy (non-hydrogen) atoms. The number of nitro groups is 2. The van der Waals surface area contributed by atoms with Gasteiger partial charge in [-0.2, -0.15) is 0 Å². The lowest BCUT2D eigenvalue weighted by Gasteiger charge is -2.44. The number of hydrogen-bond acceptors (Lipinski definition) is 17. The van der Waals surface area contributed by atoms with Gasteiger partial charge in [0.05, 0.1) is 27.9 Å². The lowest BCUT2D eigenvalue weighted by Crippen LogP contribution is -2.61. The highest BCUT2D eigenvalue weighted by Gasteiger charge is 2.53. The lowest BCUT2D eigenvalue weighted by molar-refractivity contribution is -0.395. The largest absolute Gasteiger partial charge is 0.468 e. The Morgan fingerprint density at radius 2 is 1.40 bits per heavy atom. The Kier molecular flexibility index (Phi) is 12.0. The first-order valence-electron chi connectivity index (χ1n) is 11.9. The van der Waals surface area contributed by atoms with Crippen LogP contribution in [0.15, 0.2) is 17.0 Å². The fourth-order valence-electron chi connectivity index (χ4n) is 3.74. The predicted molar refractivity (Wildman–Crippen MR) is 138 cm³/mol. The Balaban J connectivity index is 2.68. The molecular weight excluding hydrogens is 590 g/mol. The number of nitro benzene ring substituents is 2. The van der Waals surface area contributed by atoms with Gasteiger partial charge in [-0.1, -0.05) is 11.8 Å². The van der Waals surface area contributed by atoms with Crippen LogP contribution in [0.1, 0.15) is 27.7 Å². The molecule has 1 saturated heterocycles. The fourth-order valence-corrected chi connectivity index (χ4v) is 4.97. The van der Waals surface area contributed by atoms with Crippen LogP contribution in [-0.2, 0) is 52.4 Å².